The van der Waals surface area contributed by atoms with Crippen molar-refractivity contribution in [1.29, 1.82) is 0 Å². The number of nitrogens with zero attached hydrogens (tertiary/aromatic N) is 3. The summed E-state index contributed by atoms with van der Waals surface area (Å²) in [6.45, 7) is 4.35. The minimum absolute atomic E-state index is 0.160. The number of amides is 1. The average molecular weight is 434 g/mol. The minimum atomic E-state index is 0.160. The fraction of sp³-hybridized carbons (Fsp3) is 0.269. The monoisotopic (exact) mass is 433 g/mol. The van der Waals surface area contributed by atoms with E-state index in [0.29, 0.717) is 6.54 Å². The molecule has 0 N–H and O–H groups in total. The molecule has 1 aliphatic carbocycles. The van der Waals surface area contributed by atoms with Crippen LogP contribution < -0.4 is 4.90 Å². The topological polar surface area (TPSA) is 26.8 Å². The summed E-state index contributed by atoms with van der Waals surface area (Å²) in [6.07, 6.45) is 11.3. The third-order valence-electron chi connectivity index (χ3n) is 5.73. The van der Waals surface area contributed by atoms with Gasteiger partial charge in [-0.1, -0.05) is 72.3 Å². The zero-order chi connectivity index (χ0) is 21.5. The SMILES string of the molecule is O=C(CN(C1=CCC=CC=C1)c1ccccc1)N1CCN(Cc2ccccc2Cl)CC1. The maximum atomic E-state index is 13.2. The van der Waals surface area contributed by atoms with Crippen LogP contribution in [0.25, 0.3) is 0 Å². The molecule has 1 fully saturated rings. The predicted molar refractivity (Wildman–Crippen MR) is 128 cm³/mol. The highest BCUT2D eigenvalue weighted by Crippen LogP contribution is 2.22. The molecule has 0 atom stereocenters. The Bertz CT molecular complexity index is 975. The van der Waals surface area contributed by atoms with Crippen molar-refractivity contribution < 1.29 is 4.79 Å². The van der Waals surface area contributed by atoms with Crippen LogP contribution in [0.15, 0.2) is 90.7 Å². The largest absolute Gasteiger partial charge is 0.339 e. The van der Waals surface area contributed by atoms with Crippen molar-refractivity contribution in [3.63, 3.8) is 0 Å². The third kappa shape index (κ3) is 5.66. The van der Waals surface area contributed by atoms with Crippen LogP contribution >= 0.6 is 11.6 Å². The summed E-state index contributed by atoms with van der Waals surface area (Å²) in [7, 11) is 0. The lowest BCUT2D eigenvalue weighted by Gasteiger charge is -2.36. The van der Waals surface area contributed by atoms with E-state index in [0.717, 1.165) is 61.1 Å². The molecule has 0 bridgehead atoms. The van der Waals surface area contributed by atoms with E-state index in [1.807, 2.05) is 53.5 Å². The van der Waals surface area contributed by atoms with E-state index >= 15 is 0 Å². The molecule has 1 saturated heterocycles. The average Bonchev–Trinajstić information content (AvgIpc) is 3.09. The minimum Gasteiger partial charge on any atom is -0.339 e. The second-order valence-corrected chi connectivity index (χ2v) is 8.23. The van der Waals surface area contributed by atoms with Crippen LogP contribution in [0.4, 0.5) is 5.69 Å². The van der Waals surface area contributed by atoms with Gasteiger partial charge in [-0.15, -0.1) is 0 Å². The number of halogens is 1. The van der Waals surface area contributed by atoms with Crippen LogP contribution in [0.2, 0.25) is 5.02 Å². The second-order valence-electron chi connectivity index (χ2n) is 7.82. The van der Waals surface area contributed by atoms with Crippen molar-refractivity contribution in [2.45, 2.75) is 13.0 Å². The van der Waals surface area contributed by atoms with E-state index in [1.54, 1.807) is 0 Å². The normalized spacial score (nSPS) is 16.7. The third-order valence-corrected chi connectivity index (χ3v) is 6.10. The van der Waals surface area contributed by atoms with E-state index in [4.69, 9.17) is 11.6 Å². The highest BCUT2D eigenvalue weighted by atomic mass is 35.5. The van der Waals surface area contributed by atoms with Gasteiger partial charge in [-0.05, 0) is 36.3 Å². The summed E-state index contributed by atoms with van der Waals surface area (Å²) in [5, 5.41) is 0.804. The molecular weight excluding hydrogens is 406 g/mol. The molecule has 0 unspecified atom stereocenters. The Balaban J connectivity index is 1.39. The predicted octanol–water partition coefficient (Wildman–Crippen LogP) is 4.89. The van der Waals surface area contributed by atoms with Crippen molar-refractivity contribution in [3.05, 3.63) is 101 Å². The summed E-state index contributed by atoms with van der Waals surface area (Å²) in [4.78, 5) is 19.7. The Morgan fingerprint density at radius 3 is 2.45 bits per heavy atom. The number of allylic oxidation sites excluding steroid dienone is 5. The number of carbonyl (C=O) groups is 1. The number of rotatable bonds is 6. The van der Waals surface area contributed by atoms with Gasteiger partial charge in [0.15, 0.2) is 0 Å². The molecule has 4 rings (SSSR count). The summed E-state index contributed by atoms with van der Waals surface area (Å²) < 4.78 is 0. The Morgan fingerprint density at radius 1 is 0.935 bits per heavy atom. The molecule has 2 aromatic carbocycles. The van der Waals surface area contributed by atoms with E-state index in [1.165, 1.54) is 0 Å². The van der Waals surface area contributed by atoms with Crippen molar-refractivity contribution in [1.82, 2.24) is 9.80 Å². The molecule has 1 heterocycles. The second kappa shape index (κ2) is 10.5. The highest BCUT2D eigenvalue weighted by Gasteiger charge is 2.24. The van der Waals surface area contributed by atoms with Gasteiger partial charge in [-0.3, -0.25) is 9.69 Å². The lowest BCUT2D eigenvalue weighted by molar-refractivity contribution is -0.131. The van der Waals surface area contributed by atoms with Gasteiger partial charge >= 0.3 is 0 Å². The number of carbonyl (C=O) groups excluding carboxylic acids is 1. The Labute approximate surface area is 189 Å². The van der Waals surface area contributed by atoms with Crippen LogP contribution in [0.3, 0.4) is 0 Å². The molecule has 2 aromatic rings. The zero-order valence-electron chi connectivity index (χ0n) is 17.7. The zero-order valence-corrected chi connectivity index (χ0v) is 18.4. The quantitative estimate of drug-likeness (QED) is 0.648. The van der Waals surface area contributed by atoms with Crippen molar-refractivity contribution in [2.75, 3.05) is 37.6 Å². The van der Waals surface area contributed by atoms with Gasteiger partial charge in [0.2, 0.25) is 5.91 Å². The molecule has 4 nitrogen and oxygen atoms in total. The van der Waals surface area contributed by atoms with Gasteiger partial charge in [0, 0.05) is 49.1 Å². The number of benzene rings is 2. The molecule has 2 aliphatic rings. The lowest BCUT2D eigenvalue weighted by Crippen LogP contribution is -2.50. The Hall–Kier alpha value is -2.82. The molecular formula is C26H28ClN3O. The van der Waals surface area contributed by atoms with Gasteiger partial charge in [-0.2, -0.15) is 0 Å². The maximum absolute atomic E-state index is 13.2. The maximum Gasteiger partial charge on any atom is 0.242 e. The molecule has 1 aliphatic heterocycles. The molecule has 0 saturated carbocycles. The lowest BCUT2D eigenvalue weighted by atomic mass is 10.2. The molecule has 0 spiro atoms. The molecule has 160 valence electrons. The first-order valence-corrected chi connectivity index (χ1v) is 11.2. The first-order valence-electron chi connectivity index (χ1n) is 10.8. The van der Waals surface area contributed by atoms with E-state index in [2.05, 4.69) is 46.2 Å². The van der Waals surface area contributed by atoms with Gasteiger partial charge in [-0.25, -0.2) is 0 Å². The van der Waals surface area contributed by atoms with E-state index < -0.39 is 0 Å². The van der Waals surface area contributed by atoms with Crippen molar-refractivity contribution in [2.24, 2.45) is 0 Å². The van der Waals surface area contributed by atoms with Crippen molar-refractivity contribution in [3.8, 4) is 0 Å². The summed E-state index contributed by atoms with van der Waals surface area (Å²) in [5.74, 6) is 0.160. The number of hydrogen-bond donors (Lipinski definition) is 0. The molecule has 0 aromatic heterocycles. The standard InChI is InChI=1S/C26H28ClN3O/c27-25-15-9-8-10-22(25)20-28-16-18-29(19-17-28)26(31)21-30(24-13-6-3-7-14-24)23-11-4-1-2-5-12-23/h1-4,6-15H,5,16-21H2. The number of piperazine rings is 1. The number of hydrogen-bond acceptors (Lipinski definition) is 3. The number of para-hydroxylation sites is 1. The first kappa shape index (κ1) is 21.4. The molecule has 5 heteroatoms. The highest BCUT2D eigenvalue weighted by molar-refractivity contribution is 6.31. The fourth-order valence-corrected chi connectivity index (χ4v) is 4.16. The van der Waals surface area contributed by atoms with Crippen LogP contribution in [-0.2, 0) is 11.3 Å². The van der Waals surface area contributed by atoms with Crippen LogP contribution in [0, 0.1) is 0 Å². The molecule has 0 radical (unpaired) electrons. The van der Waals surface area contributed by atoms with Crippen LogP contribution in [-0.4, -0.2) is 48.4 Å². The molecule has 31 heavy (non-hydrogen) atoms. The van der Waals surface area contributed by atoms with Crippen LogP contribution in [0.5, 0.6) is 0 Å². The summed E-state index contributed by atoms with van der Waals surface area (Å²) >= 11 is 6.31. The smallest absolute Gasteiger partial charge is 0.242 e. The van der Waals surface area contributed by atoms with E-state index in [-0.39, 0.29) is 5.91 Å². The fourth-order valence-electron chi connectivity index (χ4n) is 3.97. The first-order chi connectivity index (χ1) is 15.2. The summed E-state index contributed by atoms with van der Waals surface area (Å²) in [6, 6.07) is 18.1. The number of anilines is 1. The van der Waals surface area contributed by atoms with E-state index in [9.17, 15) is 4.79 Å². The van der Waals surface area contributed by atoms with Crippen LogP contribution in [0.1, 0.15) is 12.0 Å². The Morgan fingerprint density at radius 2 is 1.68 bits per heavy atom. The molecule has 1 amide bonds. The van der Waals surface area contributed by atoms with Gasteiger partial charge in [0.05, 0.1) is 0 Å². The van der Waals surface area contributed by atoms with Gasteiger partial charge in [0.25, 0.3) is 0 Å². The summed E-state index contributed by atoms with van der Waals surface area (Å²) in [5.41, 5.74) is 3.23. The van der Waals surface area contributed by atoms with Gasteiger partial charge in [0.1, 0.15) is 6.54 Å². The Kier molecular flexibility index (Phi) is 7.23. The van der Waals surface area contributed by atoms with Crippen molar-refractivity contribution >= 4 is 23.2 Å². The van der Waals surface area contributed by atoms with Gasteiger partial charge < -0.3 is 9.80 Å².